The van der Waals surface area contributed by atoms with Crippen LogP contribution < -0.4 is 4.74 Å². The molecule has 0 aromatic carbocycles. The van der Waals surface area contributed by atoms with Crippen molar-refractivity contribution in [3.8, 4) is 11.8 Å². The van der Waals surface area contributed by atoms with Crippen molar-refractivity contribution in [3.63, 3.8) is 0 Å². The standard InChI is InChI=1S/C11H12ClNOS/c1-3-4-8(6-13)11(12)10-5-9(14-2)7-15-10/h5,7H,3-4H2,1-2H3. The minimum atomic E-state index is 0.549. The molecule has 0 saturated heterocycles. The highest BCUT2D eigenvalue weighted by atomic mass is 35.5. The van der Waals surface area contributed by atoms with Crippen LogP contribution in [0.2, 0.25) is 0 Å². The van der Waals surface area contributed by atoms with Gasteiger partial charge in [-0.15, -0.1) is 11.3 Å². The minimum absolute atomic E-state index is 0.549. The third-order valence-electron chi connectivity index (χ3n) is 1.93. The van der Waals surface area contributed by atoms with Gasteiger partial charge in [-0.25, -0.2) is 0 Å². The molecule has 0 aliphatic heterocycles. The first-order valence-corrected chi connectivity index (χ1v) is 5.90. The number of nitrogens with zero attached hydrogens (tertiary/aromatic N) is 1. The van der Waals surface area contributed by atoms with Crippen molar-refractivity contribution in [3.05, 3.63) is 21.9 Å². The Morgan fingerprint density at radius 3 is 2.87 bits per heavy atom. The molecule has 80 valence electrons. The SMILES string of the molecule is CCCC(C#N)=C(Cl)c1cc(OC)cs1. The second kappa shape index (κ2) is 5.79. The third kappa shape index (κ3) is 2.98. The van der Waals surface area contributed by atoms with Crippen LogP contribution >= 0.6 is 22.9 Å². The van der Waals surface area contributed by atoms with E-state index in [4.69, 9.17) is 21.6 Å². The van der Waals surface area contributed by atoms with Gasteiger partial charge < -0.3 is 4.74 Å². The number of rotatable bonds is 4. The summed E-state index contributed by atoms with van der Waals surface area (Å²) in [6, 6.07) is 3.99. The monoisotopic (exact) mass is 241 g/mol. The maximum absolute atomic E-state index is 8.93. The zero-order chi connectivity index (χ0) is 11.3. The smallest absolute Gasteiger partial charge is 0.130 e. The van der Waals surface area contributed by atoms with E-state index in [0.29, 0.717) is 10.6 Å². The van der Waals surface area contributed by atoms with Crippen LogP contribution in [0.15, 0.2) is 17.0 Å². The number of halogens is 1. The summed E-state index contributed by atoms with van der Waals surface area (Å²) >= 11 is 7.62. The van der Waals surface area contributed by atoms with E-state index in [1.165, 1.54) is 11.3 Å². The van der Waals surface area contributed by atoms with E-state index in [1.54, 1.807) is 7.11 Å². The lowest BCUT2D eigenvalue weighted by molar-refractivity contribution is 0.416. The van der Waals surface area contributed by atoms with Gasteiger partial charge in [0.05, 0.1) is 23.1 Å². The summed E-state index contributed by atoms with van der Waals surface area (Å²) in [7, 11) is 1.61. The number of ether oxygens (including phenoxy) is 1. The van der Waals surface area contributed by atoms with Crippen LogP contribution in [-0.2, 0) is 0 Å². The van der Waals surface area contributed by atoms with E-state index < -0.39 is 0 Å². The topological polar surface area (TPSA) is 33.0 Å². The fourth-order valence-corrected chi connectivity index (χ4v) is 2.30. The van der Waals surface area contributed by atoms with Crippen LogP contribution in [0.5, 0.6) is 5.75 Å². The number of hydrogen-bond acceptors (Lipinski definition) is 3. The molecule has 1 aromatic rings. The van der Waals surface area contributed by atoms with Crippen molar-refractivity contribution in [1.82, 2.24) is 0 Å². The van der Waals surface area contributed by atoms with Gasteiger partial charge in [-0.2, -0.15) is 5.26 Å². The largest absolute Gasteiger partial charge is 0.496 e. The zero-order valence-corrected chi connectivity index (χ0v) is 10.3. The Kier molecular flexibility index (Phi) is 4.67. The molecule has 0 amide bonds. The van der Waals surface area contributed by atoms with Crippen molar-refractivity contribution in [2.75, 3.05) is 7.11 Å². The number of thiophene rings is 1. The molecular formula is C11H12ClNOS. The number of nitriles is 1. The summed E-state index contributed by atoms with van der Waals surface area (Å²) in [4.78, 5) is 0.888. The summed E-state index contributed by atoms with van der Waals surface area (Å²) in [6.07, 6.45) is 1.64. The summed E-state index contributed by atoms with van der Waals surface area (Å²) in [5, 5.41) is 11.4. The number of methoxy groups -OCH3 is 1. The average Bonchev–Trinajstić information content (AvgIpc) is 2.73. The van der Waals surface area contributed by atoms with Gasteiger partial charge in [0.1, 0.15) is 5.75 Å². The van der Waals surface area contributed by atoms with Crippen LogP contribution in [0.1, 0.15) is 24.6 Å². The Labute approximate surface area is 98.7 Å². The van der Waals surface area contributed by atoms with Gasteiger partial charge in [-0.05, 0) is 12.5 Å². The molecule has 0 aliphatic carbocycles. The zero-order valence-electron chi connectivity index (χ0n) is 8.71. The molecule has 0 N–H and O–H groups in total. The first-order valence-electron chi connectivity index (χ1n) is 4.64. The van der Waals surface area contributed by atoms with Crippen molar-refractivity contribution in [2.24, 2.45) is 0 Å². The highest BCUT2D eigenvalue weighted by molar-refractivity contribution is 7.12. The lowest BCUT2D eigenvalue weighted by atomic mass is 10.1. The predicted molar refractivity (Wildman–Crippen MR) is 64.2 cm³/mol. The summed E-state index contributed by atoms with van der Waals surface area (Å²) < 4.78 is 5.06. The van der Waals surface area contributed by atoms with Crippen LogP contribution in [0.25, 0.3) is 5.03 Å². The third-order valence-corrected chi connectivity index (χ3v) is 3.40. The van der Waals surface area contributed by atoms with Gasteiger partial charge in [0, 0.05) is 11.0 Å². The Bertz CT molecular complexity index is 403. The van der Waals surface area contributed by atoms with Gasteiger partial charge in [-0.3, -0.25) is 0 Å². The van der Waals surface area contributed by atoms with Crippen LogP contribution in [-0.4, -0.2) is 7.11 Å². The van der Waals surface area contributed by atoms with Crippen LogP contribution in [0.4, 0.5) is 0 Å². The van der Waals surface area contributed by atoms with Crippen molar-refractivity contribution in [2.45, 2.75) is 19.8 Å². The average molecular weight is 242 g/mol. The first-order chi connectivity index (χ1) is 7.22. The van der Waals surface area contributed by atoms with E-state index in [0.717, 1.165) is 23.5 Å². The predicted octanol–water partition coefficient (Wildman–Crippen LogP) is 4.03. The highest BCUT2D eigenvalue weighted by Gasteiger charge is 2.09. The summed E-state index contributed by atoms with van der Waals surface area (Å²) in [5.41, 5.74) is 0.642. The molecule has 0 saturated carbocycles. The van der Waals surface area contributed by atoms with Crippen LogP contribution in [0, 0.1) is 11.3 Å². The second-order valence-corrected chi connectivity index (χ2v) is 4.29. The molecule has 0 spiro atoms. The fraction of sp³-hybridized carbons (Fsp3) is 0.364. The molecule has 0 bridgehead atoms. The molecule has 1 heterocycles. The number of allylic oxidation sites excluding steroid dienone is 1. The molecule has 0 aliphatic rings. The molecule has 0 fully saturated rings. The maximum Gasteiger partial charge on any atom is 0.130 e. The Morgan fingerprint density at radius 2 is 2.40 bits per heavy atom. The van der Waals surface area contributed by atoms with Crippen molar-refractivity contribution in [1.29, 1.82) is 5.26 Å². The van der Waals surface area contributed by atoms with E-state index in [1.807, 2.05) is 18.4 Å². The molecule has 2 nitrogen and oxygen atoms in total. The molecule has 1 rings (SSSR count). The van der Waals surface area contributed by atoms with Gasteiger partial charge in [0.25, 0.3) is 0 Å². The number of hydrogen-bond donors (Lipinski definition) is 0. The molecule has 4 heteroatoms. The summed E-state index contributed by atoms with van der Waals surface area (Å²) in [5.74, 6) is 0.780. The molecular weight excluding hydrogens is 230 g/mol. The van der Waals surface area contributed by atoms with Gasteiger partial charge in [0.15, 0.2) is 0 Å². The molecule has 0 unspecified atom stereocenters. The first kappa shape index (κ1) is 12.1. The summed E-state index contributed by atoms with van der Waals surface area (Å²) in [6.45, 7) is 2.02. The van der Waals surface area contributed by atoms with Crippen LogP contribution in [0.3, 0.4) is 0 Å². The Balaban J connectivity index is 3.00. The van der Waals surface area contributed by atoms with E-state index in [-0.39, 0.29) is 0 Å². The van der Waals surface area contributed by atoms with Gasteiger partial charge in [-0.1, -0.05) is 24.9 Å². The van der Waals surface area contributed by atoms with Gasteiger partial charge in [0.2, 0.25) is 0 Å². The Morgan fingerprint density at radius 1 is 1.67 bits per heavy atom. The molecule has 15 heavy (non-hydrogen) atoms. The highest BCUT2D eigenvalue weighted by Crippen LogP contribution is 2.33. The second-order valence-electron chi connectivity index (χ2n) is 3.01. The van der Waals surface area contributed by atoms with E-state index >= 15 is 0 Å². The quantitative estimate of drug-likeness (QED) is 0.746. The Hall–Kier alpha value is -0.980. The maximum atomic E-state index is 8.93. The lowest BCUT2D eigenvalue weighted by Gasteiger charge is -1.99. The fourth-order valence-electron chi connectivity index (χ4n) is 1.15. The van der Waals surface area contributed by atoms with Crippen molar-refractivity contribution >= 4 is 28.0 Å². The molecule has 0 radical (unpaired) electrons. The normalized spacial score (nSPS) is 11.9. The lowest BCUT2D eigenvalue weighted by Crippen LogP contribution is -1.82. The van der Waals surface area contributed by atoms with Crippen molar-refractivity contribution < 1.29 is 4.74 Å². The molecule has 1 aromatic heterocycles. The molecule has 0 atom stereocenters. The minimum Gasteiger partial charge on any atom is -0.496 e. The van der Waals surface area contributed by atoms with E-state index in [9.17, 15) is 0 Å². The van der Waals surface area contributed by atoms with Gasteiger partial charge >= 0.3 is 0 Å². The van der Waals surface area contributed by atoms with E-state index in [2.05, 4.69) is 6.07 Å².